The number of hydrogen-bond donors (Lipinski definition) is 0. The second-order valence-corrected chi connectivity index (χ2v) is 3.84. The molecule has 0 N–H and O–H groups in total. The average molecular weight is 230 g/mol. The largest absolute Gasteiger partial charge is 0.297 e. The second-order valence-electron chi connectivity index (χ2n) is 3.43. The van der Waals surface area contributed by atoms with E-state index in [0.717, 1.165) is 16.7 Å². The fourth-order valence-electron chi connectivity index (χ4n) is 1.71. The molecule has 16 heavy (non-hydrogen) atoms. The Morgan fingerprint density at radius 2 is 2.00 bits per heavy atom. The molecule has 1 aromatic carbocycles. The smallest absolute Gasteiger partial charge is 0.100 e. The molecule has 0 saturated carbocycles. The summed E-state index contributed by atoms with van der Waals surface area (Å²) in [5.41, 5.74) is 2.89. The maximum atomic E-state index is 6.10. The van der Waals surface area contributed by atoms with Crippen LogP contribution in [0.2, 0.25) is 5.02 Å². The molecule has 3 nitrogen and oxygen atoms in total. The molecule has 0 aliphatic carbocycles. The molecule has 0 bridgehead atoms. The van der Waals surface area contributed by atoms with Crippen LogP contribution in [0.3, 0.4) is 0 Å². The number of imidazole rings is 1. The van der Waals surface area contributed by atoms with Crippen molar-refractivity contribution in [3.05, 3.63) is 54.1 Å². The predicted molar refractivity (Wildman–Crippen MR) is 63.9 cm³/mol. The van der Waals surface area contributed by atoms with Gasteiger partial charge in [0.05, 0.1) is 21.7 Å². The van der Waals surface area contributed by atoms with Gasteiger partial charge in [0.2, 0.25) is 0 Å². The van der Waals surface area contributed by atoms with Crippen LogP contribution >= 0.6 is 11.6 Å². The zero-order chi connectivity index (χ0) is 11.0. The minimum Gasteiger partial charge on any atom is -0.297 e. The highest BCUT2D eigenvalue weighted by Gasteiger charge is 2.06. The molecule has 0 radical (unpaired) electrons. The number of para-hydroxylation sites is 2. The number of pyridine rings is 1. The Labute approximate surface area is 97.3 Å². The lowest BCUT2D eigenvalue weighted by atomic mass is 10.3. The molecule has 0 spiro atoms. The molecule has 0 atom stereocenters. The van der Waals surface area contributed by atoms with Crippen LogP contribution < -0.4 is 0 Å². The van der Waals surface area contributed by atoms with Crippen molar-refractivity contribution in [1.29, 1.82) is 0 Å². The predicted octanol–water partition coefficient (Wildman–Crippen LogP) is 3.07. The van der Waals surface area contributed by atoms with Gasteiger partial charge in [0.15, 0.2) is 0 Å². The van der Waals surface area contributed by atoms with Crippen molar-refractivity contribution < 1.29 is 0 Å². The molecular formula is C12H8ClN3. The minimum atomic E-state index is 0.616. The van der Waals surface area contributed by atoms with E-state index in [4.69, 9.17) is 11.6 Å². The Kier molecular flexibility index (Phi) is 2.11. The van der Waals surface area contributed by atoms with Gasteiger partial charge in [-0.1, -0.05) is 23.7 Å². The molecule has 4 heteroatoms. The molecule has 0 amide bonds. The topological polar surface area (TPSA) is 30.7 Å². The number of rotatable bonds is 1. The molecule has 3 rings (SSSR count). The number of fused-ring (bicyclic) bond motifs is 1. The summed E-state index contributed by atoms with van der Waals surface area (Å²) in [7, 11) is 0. The van der Waals surface area contributed by atoms with Gasteiger partial charge in [-0.2, -0.15) is 0 Å². The van der Waals surface area contributed by atoms with E-state index in [1.807, 2.05) is 34.9 Å². The molecule has 2 aromatic heterocycles. The normalized spacial score (nSPS) is 10.8. The highest BCUT2D eigenvalue weighted by molar-refractivity contribution is 6.32. The third-order valence-corrected chi connectivity index (χ3v) is 2.76. The lowest BCUT2D eigenvalue weighted by Crippen LogP contribution is -1.93. The summed E-state index contributed by atoms with van der Waals surface area (Å²) in [6.45, 7) is 0. The summed E-state index contributed by atoms with van der Waals surface area (Å²) in [5, 5.41) is 0.616. The number of hydrogen-bond acceptors (Lipinski definition) is 2. The highest BCUT2D eigenvalue weighted by Crippen LogP contribution is 2.23. The van der Waals surface area contributed by atoms with E-state index in [1.165, 1.54) is 0 Å². The van der Waals surface area contributed by atoms with Gasteiger partial charge in [0, 0.05) is 12.4 Å². The van der Waals surface area contributed by atoms with Crippen LogP contribution in [-0.2, 0) is 0 Å². The van der Waals surface area contributed by atoms with Gasteiger partial charge < -0.3 is 0 Å². The number of nitrogens with zero attached hydrogens (tertiary/aromatic N) is 3. The summed E-state index contributed by atoms with van der Waals surface area (Å²) in [6.07, 6.45) is 5.12. The Morgan fingerprint density at radius 3 is 2.88 bits per heavy atom. The molecule has 0 aliphatic heterocycles. The Morgan fingerprint density at radius 1 is 1.12 bits per heavy atom. The van der Waals surface area contributed by atoms with Crippen molar-refractivity contribution in [2.45, 2.75) is 0 Å². The number of aromatic nitrogens is 3. The fraction of sp³-hybridized carbons (Fsp3) is 0. The average Bonchev–Trinajstić information content (AvgIpc) is 2.74. The molecule has 0 saturated heterocycles. The first kappa shape index (κ1) is 9.36. The maximum Gasteiger partial charge on any atom is 0.100 e. The van der Waals surface area contributed by atoms with Gasteiger partial charge in [-0.15, -0.1) is 0 Å². The SMILES string of the molecule is Clc1cnccc1-n1cnc2ccccc21. The lowest BCUT2D eigenvalue weighted by Gasteiger charge is -2.05. The monoisotopic (exact) mass is 229 g/mol. The van der Waals surface area contributed by atoms with Gasteiger partial charge in [-0.3, -0.25) is 9.55 Å². The van der Waals surface area contributed by atoms with Crippen LogP contribution in [-0.4, -0.2) is 14.5 Å². The molecular weight excluding hydrogens is 222 g/mol. The third-order valence-electron chi connectivity index (χ3n) is 2.46. The van der Waals surface area contributed by atoms with E-state index in [-0.39, 0.29) is 0 Å². The zero-order valence-electron chi connectivity index (χ0n) is 8.34. The van der Waals surface area contributed by atoms with E-state index in [1.54, 1.807) is 18.7 Å². The number of halogens is 1. The van der Waals surface area contributed by atoms with Crippen LogP contribution in [0.1, 0.15) is 0 Å². The summed E-state index contributed by atoms with van der Waals surface area (Å²) < 4.78 is 1.96. The van der Waals surface area contributed by atoms with Crippen molar-refractivity contribution in [3.63, 3.8) is 0 Å². The molecule has 0 aliphatic rings. The van der Waals surface area contributed by atoms with Gasteiger partial charge in [0.1, 0.15) is 6.33 Å². The van der Waals surface area contributed by atoms with Crippen molar-refractivity contribution in [1.82, 2.24) is 14.5 Å². The van der Waals surface area contributed by atoms with E-state index in [2.05, 4.69) is 9.97 Å². The van der Waals surface area contributed by atoms with Crippen molar-refractivity contribution in [2.24, 2.45) is 0 Å². The molecule has 78 valence electrons. The van der Waals surface area contributed by atoms with E-state index in [9.17, 15) is 0 Å². The third kappa shape index (κ3) is 1.37. The molecule has 3 aromatic rings. The number of benzene rings is 1. The summed E-state index contributed by atoms with van der Waals surface area (Å²) in [6, 6.07) is 9.81. The van der Waals surface area contributed by atoms with Crippen LogP contribution in [0, 0.1) is 0 Å². The van der Waals surface area contributed by atoms with E-state index < -0.39 is 0 Å². The van der Waals surface area contributed by atoms with Crippen molar-refractivity contribution >= 4 is 22.6 Å². The first-order chi connectivity index (χ1) is 7.86. The van der Waals surface area contributed by atoms with Crippen LogP contribution in [0.15, 0.2) is 49.1 Å². The zero-order valence-corrected chi connectivity index (χ0v) is 9.09. The first-order valence-electron chi connectivity index (χ1n) is 4.88. The summed E-state index contributed by atoms with van der Waals surface area (Å²) in [4.78, 5) is 8.29. The van der Waals surface area contributed by atoms with E-state index in [0.29, 0.717) is 5.02 Å². The minimum absolute atomic E-state index is 0.616. The second kappa shape index (κ2) is 3.61. The quantitative estimate of drug-likeness (QED) is 0.642. The van der Waals surface area contributed by atoms with E-state index >= 15 is 0 Å². The maximum absolute atomic E-state index is 6.10. The Hall–Kier alpha value is -1.87. The summed E-state index contributed by atoms with van der Waals surface area (Å²) >= 11 is 6.10. The lowest BCUT2D eigenvalue weighted by molar-refractivity contribution is 1.08. The van der Waals surface area contributed by atoms with Crippen molar-refractivity contribution in [3.8, 4) is 5.69 Å². The van der Waals surface area contributed by atoms with Gasteiger partial charge >= 0.3 is 0 Å². The Balaban J connectivity index is 2.31. The highest BCUT2D eigenvalue weighted by atomic mass is 35.5. The molecule has 0 unspecified atom stereocenters. The standard InChI is InChI=1S/C12H8ClN3/c13-9-7-14-6-5-11(9)16-8-15-10-3-1-2-4-12(10)16/h1-8H. The molecule has 0 fully saturated rings. The van der Waals surface area contributed by atoms with Gasteiger partial charge in [-0.25, -0.2) is 4.98 Å². The van der Waals surface area contributed by atoms with Gasteiger partial charge in [-0.05, 0) is 18.2 Å². The van der Waals surface area contributed by atoms with Crippen molar-refractivity contribution in [2.75, 3.05) is 0 Å². The molecule has 2 heterocycles. The van der Waals surface area contributed by atoms with Crippen LogP contribution in [0.5, 0.6) is 0 Å². The van der Waals surface area contributed by atoms with Gasteiger partial charge in [0.25, 0.3) is 0 Å². The van der Waals surface area contributed by atoms with Crippen LogP contribution in [0.4, 0.5) is 0 Å². The first-order valence-corrected chi connectivity index (χ1v) is 5.26. The van der Waals surface area contributed by atoms with Crippen LogP contribution in [0.25, 0.3) is 16.7 Å². The fourth-order valence-corrected chi connectivity index (χ4v) is 1.92. The Bertz CT molecular complexity index is 645. The summed E-state index contributed by atoms with van der Waals surface area (Å²) in [5.74, 6) is 0.